The lowest BCUT2D eigenvalue weighted by atomic mass is 9.90. The molecule has 5 nitrogen and oxygen atoms in total. The van der Waals surface area contributed by atoms with E-state index in [1.54, 1.807) is 17.9 Å². The van der Waals surface area contributed by atoms with Crippen molar-refractivity contribution in [3.63, 3.8) is 0 Å². The molecule has 0 aliphatic carbocycles. The smallest absolute Gasteiger partial charge is 0.308 e. The quantitative estimate of drug-likeness (QED) is 0.885. The van der Waals surface area contributed by atoms with E-state index in [2.05, 4.69) is 15.9 Å². The number of nitrogens with zero attached hydrogens (tertiary/aromatic N) is 1. The van der Waals surface area contributed by atoms with Crippen LogP contribution in [0.2, 0.25) is 0 Å². The summed E-state index contributed by atoms with van der Waals surface area (Å²) in [6.07, 6.45) is -0.0445. The van der Waals surface area contributed by atoms with Crippen molar-refractivity contribution < 1.29 is 19.4 Å². The van der Waals surface area contributed by atoms with Gasteiger partial charge in [-0.15, -0.1) is 0 Å². The number of benzene rings is 1. The van der Waals surface area contributed by atoms with Gasteiger partial charge in [-0.05, 0) is 47.3 Å². The van der Waals surface area contributed by atoms with Gasteiger partial charge in [0, 0.05) is 13.1 Å². The van der Waals surface area contributed by atoms with Crippen LogP contribution in [0.15, 0.2) is 28.7 Å². The second-order valence-corrected chi connectivity index (χ2v) is 6.66. The van der Waals surface area contributed by atoms with Crippen LogP contribution in [0, 0.1) is 11.8 Å². The Hall–Kier alpha value is -1.56. The number of rotatable bonds is 4. The summed E-state index contributed by atoms with van der Waals surface area (Å²) in [7, 11) is 0. The summed E-state index contributed by atoms with van der Waals surface area (Å²) in [5.41, 5.74) is 0. The third-order valence-electron chi connectivity index (χ3n) is 3.81. The summed E-state index contributed by atoms with van der Waals surface area (Å²) < 4.78 is 6.49. The summed E-state index contributed by atoms with van der Waals surface area (Å²) in [5.74, 6) is -0.738. The summed E-state index contributed by atoms with van der Waals surface area (Å²) in [6.45, 7) is 4.49. The number of halogens is 1. The largest absolute Gasteiger partial charge is 0.481 e. The van der Waals surface area contributed by atoms with Crippen LogP contribution in [0.4, 0.5) is 0 Å². The van der Waals surface area contributed by atoms with Gasteiger partial charge >= 0.3 is 5.97 Å². The molecule has 1 N–H and O–H groups in total. The molecular formula is C16H20BrNO4. The van der Waals surface area contributed by atoms with Crippen molar-refractivity contribution in [2.24, 2.45) is 11.8 Å². The van der Waals surface area contributed by atoms with Crippen LogP contribution in [0.1, 0.15) is 20.3 Å². The number of hydrogen-bond donors (Lipinski definition) is 1. The highest BCUT2D eigenvalue weighted by molar-refractivity contribution is 9.10. The van der Waals surface area contributed by atoms with Crippen molar-refractivity contribution >= 4 is 27.8 Å². The maximum Gasteiger partial charge on any atom is 0.308 e. The number of para-hydroxylation sites is 1. The zero-order valence-electron chi connectivity index (χ0n) is 12.7. The Morgan fingerprint density at radius 1 is 1.36 bits per heavy atom. The molecule has 6 heteroatoms. The first-order valence-corrected chi connectivity index (χ1v) is 8.10. The number of aliphatic carboxylic acids is 1. The molecule has 0 radical (unpaired) electrons. The van der Waals surface area contributed by atoms with E-state index in [0.29, 0.717) is 18.7 Å². The molecule has 1 aromatic rings. The van der Waals surface area contributed by atoms with Gasteiger partial charge in [-0.2, -0.15) is 0 Å². The van der Waals surface area contributed by atoms with Crippen molar-refractivity contribution in [1.29, 1.82) is 0 Å². The number of carbonyl (C=O) groups is 2. The SMILES string of the molecule is CC1CC(C(=O)O)CN(C(=O)C(C)Oc2ccccc2Br)C1. The van der Waals surface area contributed by atoms with Gasteiger partial charge in [0.2, 0.25) is 0 Å². The van der Waals surface area contributed by atoms with Crippen molar-refractivity contribution in [2.45, 2.75) is 26.4 Å². The molecule has 0 saturated carbocycles. The van der Waals surface area contributed by atoms with E-state index in [9.17, 15) is 14.7 Å². The predicted octanol–water partition coefficient (Wildman–Crippen LogP) is 2.79. The van der Waals surface area contributed by atoms with Crippen molar-refractivity contribution in [2.75, 3.05) is 13.1 Å². The fourth-order valence-corrected chi connectivity index (χ4v) is 3.13. The minimum Gasteiger partial charge on any atom is -0.481 e. The second-order valence-electron chi connectivity index (χ2n) is 5.81. The highest BCUT2D eigenvalue weighted by Crippen LogP contribution is 2.26. The Morgan fingerprint density at radius 2 is 2.05 bits per heavy atom. The van der Waals surface area contributed by atoms with E-state index < -0.39 is 18.0 Å². The number of likely N-dealkylation sites (tertiary alicyclic amines) is 1. The van der Waals surface area contributed by atoms with Gasteiger partial charge in [0.05, 0.1) is 10.4 Å². The topological polar surface area (TPSA) is 66.8 Å². The molecule has 1 aliphatic heterocycles. The number of piperidine rings is 1. The van der Waals surface area contributed by atoms with Crippen LogP contribution < -0.4 is 4.74 Å². The summed E-state index contributed by atoms with van der Waals surface area (Å²) in [4.78, 5) is 25.3. The molecular weight excluding hydrogens is 350 g/mol. The van der Waals surface area contributed by atoms with Crippen LogP contribution in [-0.4, -0.2) is 41.1 Å². The highest BCUT2D eigenvalue weighted by Gasteiger charge is 2.34. The lowest BCUT2D eigenvalue weighted by Gasteiger charge is -2.36. The molecule has 1 saturated heterocycles. The second kappa shape index (κ2) is 7.13. The van der Waals surface area contributed by atoms with Gasteiger partial charge in [-0.3, -0.25) is 9.59 Å². The molecule has 0 spiro atoms. The average molecular weight is 370 g/mol. The minimum atomic E-state index is -0.844. The van der Waals surface area contributed by atoms with Gasteiger partial charge in [0.25, 0.3) is 5.91 Å². The van der Waals surface area contributed by atoms with Crippen LogP contribution in [0.3, 0.4) is 0 Å². The molecule has 1 heterocycles. The molecule has 1 aliphatic rings. The lowest BCUT2D eigenvalue weighted by Crippen LogP contribution is -2.49. The number of ether oxygens (including phenoxy) is 1. The molecule has 0 aromatic heterocycles. The third-order valence-corrected chi connectivity index (χ3v) is 4.46. The molecule has 1 fully saturated rings. The zero-order valence-corrected chi connectivity index (χ0v) is 14.2. The van der Waals surface area contributed by atoms with E-state index in [1.165, 1.54) is 0 Å². The Morgan fingerprint density at radius 3 is 2.68 bits per heavy atom. The minimum absolute atomic E-state index is 0.173. The summed E-state index contributed by atoms with van der Waals surface area (Å²) in [6, 6.07) is 7.33. The molecule has 1 aromatic carbocycles. The normalized spacial score (nSPS) is 23.0. The lowest BCUT2D eigenvalue weighted by molar-refractivity contribution is -0.149. The first-order chi connectivity index (χ1) is 10.4. The first-order valence-electron chi connectivity index (χ1n) is 7.31. The molecule has 22 heavy (non-hydrogen) atoms. The Balaban J connectivity index is 2.03. The molecule has 2 rings (SSSR count). The maximum atomic E-state index is 12.5. The summed E-state index contributed by atoms with van der Waals surface area (Å²) >= 11 is 3.38. The summed E-state index contributed by atoms with van der Waals surface area (Å²) in [5, 5.41) is 9.19. The molecule has 120 valence electrons. The van der Waals surface area contributed by atoms with E-state index in [4.69, 9.17) is 4.74 Å². The number of carboxylic acids is 1. The number of amides is 1. The van der Waals surface area contributed by atoms with Crippen LogP contribution >= 0.6 is 15.9 Å². The number of hydrogen-bond acceptors (Lipinski definition) is 3. The fraction of sp³-hybridized carbons (Fsp3) is 0.500. The van der Waals surface area contributed by atoms with Gasteiger partial charge in [0.1, 0.15) is 5.75 Å². The predicted molar refractivity (Wildman–Crippen MR) is 85.7 cm³/mol. The maximum absolute atomic E-state index is 12.5. The van der Waals surface area contributed by atoms with Crippen LogP contribution in [0.25, 0.3) is 0 Å². The van der Waals surface area contributed by atoms with Crippen LogP contribution in [0.5, 0.6) is 5.75 Å². The van der Waals surface area contributed by atoms with Gasteiger partial charge < -0.3 is 14.7 Å². The monoisotopic (exact) mass is 369 g/mol. The van der Waals surface area contributed by atoms with Gasteiger partial charge in [0.15, 0.2) is 6.10 Å². The zero-order chi connectivity index (χ0) is 16.3. The highest BCUT2D eigenvalue weighted by atomic mass is 79.9. The van der Waals surface area contributed by atoms with E-state index in [-0.39, 0.29) is 18.4 Å². The number of carboxylic acid groups (broad SMARTS) is 1. The fourth-order valence-electron chi connectivity index (χ4n) is 2.75. The average Bonchev–Trinajstić information content (AvgIpc) is 2.48. The molecule has 3 unspecified atom stereocenters. The Kier molecular flexibility index (Phi) is 5.45. The van der Waals surface area contributed by atoms with E-state index >= 15 is 0 Å². The van der Waals surface area contributed by atoms with E-state index in [1.807, 2.05) is 25.1 Å². The number of carbonyl (C=O) groups excluding carboxylic acids is 1. The van der Waals surface area contributed by atoms with Crippen LogP contribution in [-0.2, 0) is 9.59 Å². The Bertz CT molecular complexity index is 563. The van der Waals surface area contributed by atoms with Crippen molar-refractivity contribution in [1.82, 2.24) is 4.90 Å². The van der Waals surface area contributed by atoms with Gasteiger partial charge in [-0.1, -0.05) is 19.1 Å². The van der Waals surface area contributed by atoms with E-state index in [0.717, 1.165) is 4.47 Å². The standard InChI is InChI=1S/C16H20BrNO4/c1-10-7-12(16(20)21)9-18(8-10)15(19)11(2)22-14-6-4-3-5-13(14)17/h3-6,10-12H,7-9H2,1-2H3,(H,20,21). The Labute approximate surface area is 138 Å². The first kappa shape index (κ1) is 16.8. The molecule has 1 amide bonds. The molecule has 0 bridgehead atoms. The van der Waals surface area contributed by atoms with Crippen molar-refractivity contribution in [3.05, 3.63) is 28.7 Å². The van der Waals surface area contributed by atoms with Gasteiger partial charge in [-0.25, -0.2) is 0 Å². The third kappa shape index (κ3) is 4.00. The molecule has 3 atom stereocenters. The van der Waals surface area contributed by atoms with Crippen molar-refractivity contribution in [3.8, 4) is 5.75 Å².